The van der Waals surface area contributed by atoms with Crippen LogP contribution in [0.4, 0.5) is 11.4 Å². The third-order valence-electron chi connectivity index (χ3n) is 5.65. The van der Waals surface area contributed by atoms with Crippen LogP contribution < -0.4 is 14.4 Å². The molecule has 9 nitrogen and oxygen atoms in total. The molecule has 0 radical (unpaired) electrons. The van der Waals surface area contributed by atoms with E-state index in [0.717, 1.165) is 57.8 Å². The van der Waals surface area contributed by atoms with Gasteiger partial charge in [-0.1, -0.05) is 0 Å². The molecule has 1 aromatic rings. The van der Waals surface area contributed by atoms with Gasteiger partial charge in [0, 0.05) is 58.5 Å². The molecule has 2 aliphatic rings. The van der Waals surface area contributed by atoms with Gasteiger partial charge in [0.1, 0.15) is 0 Å². The zero-order valence-electron chi connectivity index (χ0n) is 16.9. The first kappa shape index (κ1) is 20.6. The van der Waals surface area contributed by atoms with Crippen LogP contribution in [0, 0.1) is 10.1 Å². The fraction of sp³-hybridized carbons (Fsp3) is 0.684. The van der Waals surface area contributed by atoms with Gasteiger partial charge in [0.25, 0.3) is 0 Å². The SMILES string of the molecule is COCOc1cc([N+](=O)[O-])c(OC)cc1N1CCC(N2CCN(C)CC2)CC1. The molecule has 2 fully saturated rings. The summed E-state index contributed by atoms with van der Waals surface area (Å²) in [6.07, 6.45) is 2.12. The average molecular weight is 394 g/mol. The molecular formula is C19H30N4O5. The Morgan fingerprint density at radius 1 is 1.07 bits per heavy atom. The maximum atomic E-state index is 11.4. The number of piperazine rings is 1. The highest BCUT2D eigenvalue weighted by Gasteiger charge is 2.29. The molecule has 0 aromatic heterocycles. The molecule has 2 saturated heterocycles. The topological polar surface area (TPSA) is 80.5 Å². The van der Waals surface area contributed by atoms with Crippen LogP contribution in [-0.2, 0) is 4.74 Å². The smallest absolute Gasteiger partial charge is 0.314 e. The number of anilines is 1. The van der Waals surface area contributed by atoms with Crippen LogP contribution >= 0.6 is 0 Å². The molecule has 0 amide bonds. The Bertz CT molecular complexity index is 671. The summed E-state index contributed by atoms with van der Waals surface area (Å²) in [4.78, 5) is 18.1. The van der Waals surface area contributed by atoms with E-state index in [1.807, 2.05) is 0 Å². The largest absolute Gasteiger partial charge is 0.490 e. The van der Waals surface area contributed by atoms with Crippen molar-refractivity contribution >= 4 is 11.4 Å². The number of piperidine rings is 1. The highest BCUT2D eigenvalue weighted by Crippen LogP contribution is 2.40. The summed E-state index contributed by atoms with van der Waals surface area (Å²) in [5.74, 6) is 0.693. The zero-order chi connectivity index (χ0) is 20.1. The van der Waals surface area contributed by atoms with Gasteiger partial charge in [-0.15, -0.1) is 0 Å². The summed E-state index contributed by atoms with van der Waals surface area (Å²) in [5.41, 5.74) is 0.709. The molecule has 0 atom stereocenters. The lowest BCUT2D eigenvalue weighted by atomic mass is 10.0. The van der Waals surface area contributed by atoms with E-state index < -0.39 is 4.92 Å². The van der Waals surface area contributed by atoms with Crippen LogP contribution in [0.15, 0.2) is 12.1 Å². The number of likely N-dealkylation sites (N-methyl/N-ethyl adjacent to an activating group) is 1. The lowest BCUT2D eigenvalue weighted by Crippen LogP contribution is -2.52. The van der Waals surface area contributed by atoms with Gasteiger partial charge in [-0.2, -0.15) is 0 Å². The summed E-state index contributed by atoms with van der Waals surface area (Å²) >= 11 is 0. The molecule has 0 aliphatic carbocycles. The number of ether oxygens (including phenoxy) is 3. The van der Waals surface area contributed by atoms with Crippen LogP contribution in [-0.4, -0.2) is 88.1 Å². The molecule has 9 heteroatoms. The predicted molar refractivity (Wildman–Crippen MR) is 106 cm³/mol. The second-order valence-electron chi connectivity index (χ2n) is 7.36. The standard InChI is InChI=1S/C19H30N4O5/c1-20-8-10-21(11-9-20)15-4-6-22(7-5-15)16-12-18(27-3)17(23(24)25)13-19(16)28-14-26-2/h12-13,15H,4-11,14H2,1-3H3. The maximum Gasteiger partial charge on any atom is 0.314 e. The Labute approximate surface area is 165 Å². The molecule has 1 aromatic carbocycles. The van der Waals surface area contributed by atoms with Crippen LogP contribution in [0.25, 0.3) is 0 Å². The van der Waals surface area contributed by atoms with Crippen molar-refractivity contribution in [1.29, 1.82) is 0 Å². The van der Waals surface area contributed by atoms with E-state index in [9.17, 15) is 10.1 Å². The van der Waals surface area contributed by atoms with E-state index in [1.165, 1.54) is 20.3 Å². The van der Waals surface area contributed by atoms with E-state index in [-0.39, 0.29) is 18.2 Å². The van der Waals surface area contributed by atoms with Crippen molar-refractivity contribution in [2.24, 2.45) is 0 Å². The molecule has 2 heterocycles. The van der Waals surface area contributed by atoms with Crippen molar-refractivity contribution in [3.8, 4) is 11.5 Å². The Hall–Kier alpha value is -2.10. The number of hydrogen-bond donors (Lipinski definition) is 0. The molecule has 0 bridgehead atoms. The van der Waals surface area contributed by atoms with Gasteiger partial charge in [-0.3, -0.25) is 15.0 Å². The van der Waals surface area contributed by atoms with Gasteiger partial charge >= 0.3 is 5.69 Å². The minimum atomic E-state index is -0.456. The highest BCUT2D eigenvalue weighted by molar-refractivity contribution is 5.68. The first-order valence-corrected chi connectivity index (χ1v) is 9.69. The van der Waals surface area contributed by atoms with Crippen molar-refractivity contribution in [2.75, 3.05) is 72.2 Å². The van der Waals surface area contributed by atoms with Gasteiger partial charge < -0.3 is 24.0 Å². The fourth-order valence-corrected chi connectivity index (χ4v) is 3.99. The first-order valence-electron chi connectivity index (χ1n) is 9.69. The minimum Gasteiger partial charge on any atom is -0.490 e. The number of nitrogens with zero attached hydrogens (tertiary/aromatic N) is 4. The number of methoxy groups -OCH3 is 2. The maximum absolute atomic E-state index is 11.4. The Morgan fingerprint density at radius 3 is 2.32 bits per heavy atom. The van der Waals surface area contributed by atoms with Crippen molar-refractivity contribution < 1.29 is 19.1 Å². The van der Waals surface area contributed by atoms with Crippen LogP contribution in [0.3, 0.4) is 0 Å². The van der Waals surface area contributed by atoms with E-state index in [0.29, 0.717) is 11.8 Å². The highest BCUT2D eigenvalue weighted by atomic mass is 16.7. The number of hydrogen-bond acceptors (Lipinski definition) is 8. The second-order valence-corrected chi connectivity index (χ2v) is 7.36. The summed E-state index contributed by atoms with van der Waals surface area (Å²) in [6.45, 7) is 6.27. The zero-order valence-corrected chi connectivity index (χ0v) is 16.9. The van der Waals surface area contributed by atoms with E-state index in [2.05, 4.69) is 21.7 Å². The van der Waals surface area contributed by atoms with Gasteiger partial charge in [-0.05, 0) is 19.9 Å². The Balaban J connectivity index is 1.74. The van der Waals surface area contributed by atoms with Gasteiger partial charge in [0.2, 0.25) is 0 Å². The fourth-order valence-electron chi connectivity index (χ4n) is 3.99. The summed E-state index contributed by atoms with van der Waals surface area (Å²) in [7, 11) is 5.14. The molecule has 2 aliphatic heterocycles. The van der Waals surface area contributed by atoms with Gasteiger partial charge in [-0.25, -0.2) is 0 Å². The van der Waals surface area contributed by atoms with E-state index in [1.54, 1.807) is 6.07 Å². The van der Waals surface area contributed by atoms with Crippen molar-refractivity contribution in [2.45, 2.75) is 18.9 Å². The molecule has 0 unspecified atom stereocenters. The lowest BCUT2D eigenvalue weighted by molar-refractivity contribution is -0.385. The van der Waals surface area contributed by atoms with Crippen LogP contribution in [0.1, 0.15) is 12.8 Å². The minimum absolute atomic E-state index is 0.0360. The summed E-state index contributed by atoms with van der Waals surface area (Å²) in [5, 5.41) is 11.4. The normalized spacial score (nSPS) is 19.6. The summed E-state index contributed by atoms with van der Waals surface area (Å²) < 4.78 is 15.9. The summed E-state index contributed by atoms with van der Waals surface area (Å²) in [6, 6.07) is 3.73. The quantitative estimate of drug-likeness (QED) is 0.393. The van der Waals surface area contributed by atoms with Crippen molar-refractivity contribution in [3.05, 3.63) is 22.2 Å². The third-order valence-corrected chi connectivity index (χ3v) is 5.65. The van der Waals surface area contributed by atoms with E-state index in [4.69, 9.17) is 14.2 Å². The Kier molecular flexibility index (Phi) is 6.93. The van der Waals surface area contributed by atoms with Gasteiger partial charge in [0.15, 0.2) is 18.3 Å². The predicted octanol–water partition coefficient (Wildman–Crippen LogP) is 1.80. The molecule has 28 heavy (non-hydrogen) atoms. The molecule has 156 valence electrons. The number of benzene rings is 1. The second kappa shape index (κ2) is 9.40. The van der Waals surface area contributed by atoms with Gasteiger partial charge in [0.05, 0.1) is 23.8 Å². The molecule has 3 rings (SSSR count). The van der Waals surface area contributed by atoms with E-state index >= 15 is 0 Å². The van der Waals surface area contributed by atoms with Crippen molar-refractivity contribution in [1.82, 2.24) is 9.80 Å². The molecular weight excluding hydrogens is 364 g/mol. The molecule has 0 saturated carbocycles. The Morgan fingerprint density at radius 2 is 1.75 bits per heavy atom. The third kappa shape index (κ3) is 4.65. The molecule has 0 spiro atoms. The van der Waals surface area contributed by atoms with Crippen LogP contribution in [0.5, 0.6) is 11.5 Å². The number of nitro groups is 1. The number of rotatable bonds is 7. The van der Waals surface area contributed by atoms with Crippen LogP contribution in [0.2, 0.25) is 0 Å². The first-order chi connectivity index (χ1) is 13.5. The van der Waals surface area contributed by atoms with Crippen molar-refractivity contribution in [3.63, 3.8) is 0 Å². The average Bonchev–Trinajstić information content (AvgIpc) is 2.72. The lowest BCUT2D eigenvalue weighted by Gasteiger charge is -2.42. The monoisotopic (exact) mass is 394 g/mol. The molecule has 0 N–H and O–H groups in total. The number of nitro benzene ring substituents is 1.